The van der Waals surface area contributed by atoms with Crippen LogP contribution in [-0.2, 0) is 11.2 Å². The summed E-state index contributed by atoms with van der Waals surface area (Å²) >= 11 is 0. The van der Waals surface area contributed by atoms with E-state index < -0.39 is 5.91 Å². The standard InChI is InChI=1S/C20H18N4O3/c25-18(15-11-5-7-12-6-1-2-8-13(12)15)23-24-20(27)17-14-9-3-4-10-16(14)19(26)22-21-17/h1-4,6,8-10,15H,5,7,11H2,(H,22,26)(H,23,25)(H,24,27). The van der Waals surface area contributed by atoms with Gasteiger partial charge in [-0.15, -0.1) is 0 Å². The zero-order valence-electron chi connectivity index (χ0n) is 14.5. The summed E-state index contributed by atoms with van der Waals surface area (Å²) < 4.78 is 0. The van der Waals surface area contributed by atoms with E-state index in [1.165, 1.54) is 5.56 Å². The molecule has 0 aliphatic heterocycles. The maximum Gasteiger partial charge on any atom is 0.290 e. The van der Waals surface area contributed by atoms with Crippen LogP contribution in [0.25, 0.3) is 10.8 Å². The van der Waals surface area contributed by atoms with Crippen molar-refractivity contribution < 1.29 is 9.59 Å². The van der Waals surface area contributed by atoms with E-state index in [9.17, 15) is 14.4 Å². The van der Waals surface area contributed by atoms with Crippen molar-refractivity contribution in [2.24, 2.45) is 0 Å². The smallest absolute Gasteiger partial charge is 0.273 e. The zero-order valence-corrected chi connectivity index (χ0v) is 14.5. The lowest BCUT2D eigenvalue weighted by Crippen LogP contribution is -2.45. The van der Waals surface area contributed by atoms with Crippen molar-refractivity contribution in [3.63, 3.8) is 0 Å². The number of rotatable bonds is 2. The fraction of sp³-hybridized carbons (Fsp3) is 0.200. The highest BCUT2D eigenvalue weighted by Gasteiger charge is 2.26. The highest BCUT2D eigenvalue weighted by atomic mass is 16.2. The number of nitrogens with zero attached hydrogens (tertiary/aromatic N) is 1. The lowest BCUT2D eigenvalue weighted by Gasteiger charge is -2.24. The molecule has 3 aromatic rings. The number of aryl methyl sites for hydroxylation is 1. The molecule has 7 heteroatoms. The molecule has 2 aromatic carbocycles. The minimum atomic E-state index is -0.583. The van der Waals surface area contributed by atoms with Gasteiger partial charge in [0.25, 0.3) is 11.5 Å². The van der Waals surface area contributed by atoms with Crippen molar-refractivity contribution in [3.05, 3.63) is 75.7 Å². The van der Waals surface area contributed by atoms with Gasteiger partial charge in [-0.2, -0.15) is 5.10 Å². The van der Waals surface area contributed by atoms with Crippen molar-refractivity contribution in [1.29, 1.82) is 0 Å². The Morgan fingerprint density at radius 2 is 1.74 bits per heavy atom. The van der Waals surface area contributed by atoms with Gasteiger partial charge in [-0.05, 0) is 36.5 Å². The number of benzene rings is 2. The van der Waals surface area contributed by atoms with E-state index in [1.54, 1.807) is 24.3 Å². The molecule has 0 saturated carbocycles. The van der Waals surface area contributed by atoms with Gasteiger partial charge >= 0.3 is 0 Å². The number of fused-ring (bicyclic) bond motifs is 2. The van der Waals surface area contributed by atoms with Gasteiger partial charge in [-0.1, -0.05) is 42.5 Å². The number of hydrogen-bond donors (Lipinski definition) is 3. The Balaban J connectivity index is 1.52. The molecule has 1 aliphatic carbocycles. The molecule has 0 spiro atoms. The second kappa shape index (κ2) is 7.03. The molecule has 27 heavy (non-hydrogen) atoms. The Morgan fingerprint density at radius 1 is 1.00 bits per heavy atom. The van der Waals surface area contributed by atoms with Gasteiger partial charge in [0.05, 0.1) is 11.3 Å². The average molecular weight is 362 g/mol. The predicted molar refractivity (Wildman–Crippen MR) is 100 cm³/mol. The summed E-state index contributed by atoms with van der Waals surface area (Å²) in [5, 5.41) is 6.93. The summed E-state index contributed by atoms with van der Waals surface area (Å²) in [6, 6.07) is 14.6. The van der Waals surface area contributed by atoms with E-state index in [2.05, 4.69) is 21.0 Å². The van der Waals surface area contributed by atoms with E-state index in [0.29, 0.717) is 10.8 Å². The average Bonchev–Trinajstić information content (AvgIpc) is 2.72. The van der Waals surface area contributed by atoms with E-state index in [0.717, 1.165) is 24.8 Å². The summed E-state index contributed by atoms with van der Waals surface area (Å²) in [7, 11) is 0. The summed E-state index contributed by atoms with van der Waals surface area (Å²) in [4.78, 5) is 36.9. The van der Waals surface area contributed by atoms with Crippen molar-refractivity contribution in [2.45, 2.75) is 25.2 Å². The first-order chi connectivity index (χ1) is 13.1. The number of H-pyrrole nitrogens is 1. The number of hydrogen-bond acceptors (Lipinski definition) is 4. The summed E-state index contributed by atoms with van der Waals surface area (Å²) in [5.41, 5.74) is 6.77. The Hall–Kier alpha value is -3.48. The lowest BCUT2D eigenvalue weighted by atomic mass is 9.82. The molecule has 1 heterocycles. The first kappa shape index (κ1) is 17.0. The minimum absolute atomic E-state index is 0.0505. The van der Waals surface area contributed by atoms with Gasteiger partial charge in [0.2, 0.25) is 5.91 Å². The van der Waals surface area contributed by atoms with E-state index >= 15 is 0 Å². The molecule has 2 amide bonds. The van der Waals surface area contributed by atoms with Crippen molar-refractivity contribution in [2.75, 3.05) is 0 Å². The minimum Gasteiger partial charge on any atom is -0.273 e. The molecule has 0 fully saturated rings. The molecule has 1 aromatic heterocycles. The van der Waals surface area contributed by atoms with Gasteiger partial charge in [0, 0.05) is 5.39 Å². The van der Waals surface area contributed by atoms with Crippen LogP contribution in [0.2, 0.25) is 0 Å². The molecular formula is C20H18N4O3. The molecule has 1 atom stereocenters. The van der Waals surface area contributed by atoms with Gasteiger partial charge in [-0.3, -0.25) is 25.2 Å². The van der Waals surface area contributed by atoms with Crippen LogP contribution in [0.15, 0.2) is 53.3 Å². The molecule has 3 N–H and O–H groups in total. The van der Waals surface area contributed by atoms with Gasteiger partial charge in [0.15, 0.2) is 5.69 Å². The number of carbonyl (C=O) groups is 2. The second-order valence-electron chi connectivity index (χ2n) is 6.53. The largest absolute Gasteiger partial charge is 0.290 e. The number of carbonyl (C=O) groups excluding carboxylic acids is 2. The highest BCUT2D eigenvalue weighted by Crippen LogP contribution is 2.31. The van der Waals surface area contributed by atoms with Crippen molar-refractivity contribution in [1.82, 2.24) is 21.0 Å². The first-order valence-corrected chi connectivity index (χ1v) is 8.80. The van der Waals surface area contributed by atoms with Gasteiger partial charge in [-0.25, -0.2) is 5.10 Å². The normalized spacial score (nSPS) is 15.8. The van der Waals surface area contributed by atoms with Crippen LogP contribution in [0.4, 0.5) is 0 Å². The Morgan fingerprint density at radius 3 is 2.59 bits per heavy atom. The number of nitrogens with one attached hydrogen (secondary N) is 3. The molecule has 0 saturated heterocycles. The fourth-order valence-electron chi connectivity index (χ4n) is 3.58. The molecule has 0 radical (unpaired) electrons. The van der Waals surface area contributed by atoms with Crippen LogP contribution < -0.4 is 16.4 Å². The third-order valence-electron chi connectivity index (χ3n) is 4.90. The predicted octanol–water partition coefficient (Wildman–Crippen LogP) is 1.80. The Labute approximate surface area is 154 Å². The molecule has 136 valence electrons. The molecule has 1 aliphatic rings. The number of hydrazine groups is 1. The summed E-state index contributed by atoms with van der Waals surface area (Å²) in [6.45, 7) is 0. The van der Waals surface area contributed by atoms with Crippen LogP contribution in [-0.4, -0.2) is 22.0 Å². The number of amides is 2. The molecule has 0 bridgehead atoms. The Kier molecular flexibility index (Phi) is 4.42. The third-order valence-corrected chi connectivity index (χ3v) is 4.90. The summed E-state index contributed by atoms with van der Waals surface area (Å²) in [6.07, 6.45) is 2.62. The second-order valence-corrected chi connectivity index (χ2v) is 6.53. The first-order valence-electron chi connectivity index (χ1n) is 8.80. The molecular weight excluding hydrogens is 344 g/mol. The maximum atomic E-state index is 12.6. The van der Waals surface area contributed by atoms with Crippen LogP contribution >= 0.6 is 0 Å². The highest BCUT2D eigenvalue weighted by molar-refractivity contribution is 6.05. The topological polar surface area (TPSA) is 104 Å². The summed E-state index contributed by atoms with van der Waals surface area (Å²) in [5.74, 6) is -1.14. The van der Waals surface area contributed by atoms with E-state index in [4.69, 9.17) is 0 Å². The monoisotopic (exact) mass is 362 g/mol. The van der Waals surface area contributed by atoms with Crippen molar-refractivity contribution >= 4 is 22.6 Å². The third kappa shape index (κ3) is 3.19. The molecule has 7 nitrogen and oxygen atoms in total. The lowest BCUT2D eigenvalue weighted by molar-refractivity contribution is -0.123. The number of aromatic nitrogens is 2. The SMILES string of the molecule is O=C(NNC(=O)C1CCCc2ccccc21)c1n[nH]c(=O)c2ccccc12. The fourth-order valence-corrected chi connectivity index (χ4v) is 3.58. The van der Waals surface area contributed by atoms with E-state index in [1.807, 2.05) is 24.3 Å². The Bertz CT molecular complexity index is 1090. The molecule has 4 rings (SSSR count). The van der Waals surface area contributed by atoms with Crippen LogP contribution in [0, 0.1) is 0 Å². The van der Waals surface area contributed by atoms with Crippen LogP contribution in [0.5, 0.6) is 0 Å². The van der Waals surface area contributed by atoms with Crippen LogP contribution in [0.3, 0.4) is 0 Å². The van der Waals surface area contributed by atoms with Crippen molar-refractivity contribution in [3.8, 4) is 0 Å². The quantitative estimate of drug-likeness (QED) is 0.605. The number of aromatic amines is 1. The maximum absolute atomic E-state index is 12.6. The van der Waals surface area contributed by atoms with Gasteiger partial charge < -0.3 is 0 Å². The molecule has 1 unspecified atom stereocenters. The van der Waals surface area contributed by atoms with Crippen LogP contribution in [0.1, 0.15) is 40.4 Å². The van der Waals surface area contributed by atoms with E-state index in [-0.39, 0.29) is 23.1 Å². The zero-order chi connectivity index (χ0) is 18.8. The van der Waals surface area contributed by atoms with Gasteiger partial charge in [0.1, 0.15) is 0 Å².